The number of halogens is 2. The van der Waals surface area contributed by atoms with Gasteiger partial charge in [-0.2, -0.15) is 0 Å². The van der Waals surface area contributed by atoms with E-state index in [0.717, 1.165) is 16.7 Å². The van der Waals surface area contributed by atoms with Crippen LogP contribution in [0.5, 0.6) is 0 Å². The number of aryl methyl sites for hydroxylation is 1. The van der Waals surface area contributed by atoms with E-state index in [1.54, 1.807) is 42.5 Å². The molecule has 0 spiro atoms. The molecule has 1 amide bonds. The molecule has 3 rings (SSSR count). The Labute approximate surface area is 192 Å². The van der Waals surface area contributed by atoms with Crippen molar-refractivity contribution in [1.82, 2.24) is 5.32 Å². The topological polar surface area (TPSA) is 66.5 Å². The van der Waals surface area contributed by atoms with Gasteiger partial charge in [0.2, 0.25) is 10.0 Å². The molecule has 0 heterocycles. The second-order valence-electron chi connectivity index (χ2n) is 7.16. The Kier molecular flexibility index (Phi) is 7.26. The van der Waals surface area contributed by atoms with Crippen LogP contribution in [-0.4, -0.2) is 20.6 Å². The number of hydrogen-bond acceptors (Lipinski definition) is 3. The van der Waals surface area contributed by atoms with Gasteiger partial charge in [0.05, 0.1) is 18.5 Å². The van der Waals surface area contributed by atoms with E-state index in [9.17, 15) is 13.2 Å². The molecule has 0 aromatic heterocycles. The Hall–Kier alpha value is -2.54. The fraction of sp³-hybridized carbons (Fsp3) is 0.174. The Bertz CT molecular complexity index is 1200. The molecule has 3 aromatic rings. The molecule has 3 aromatic carbocycles. The summed E-state index contributed by atoms with van der Waals surface area (Å²) in [5, 5.41) is 3.80. The molecule has 0 saturated heterocycles. The minimum absolute atomic E-state index is 0.214. The lowest BCUT2D eigenvalue weighted by Crippen LogP contribution is -2.29. The second kappa shape index (κ2) is 9.73. The van der Waals surface area contributed by atoms with E-state index in [-0.39, 0.29) is 19.0 Å². The summed E-state index contributed by atoms with van der Waals surface area (Å²) in [6.45, 7) is 2.40. The van der Waals surface area contributed by atoms with Crippen molar-refractivity contribution in [3.05, 3.63) is 99.0 Å². The highest BCUT2D eigenvalue weighted by Crippen LogP contribution is 2.23. The first-order valence-corrected chi connectivity index (χ1v) is 12.1. The lowest BCUT2D eigenvalue weighted by molar-refractivity contribution is 0.0951. The van der Waals surface area contributed by atoms with E-state index < -0.39 is 10.0 Å². The number of benzene rings is 3. The average Bonchev–Trinajstić information content (AvgIpc) is 2.71. The number of carbonyl (C=O) groups is 1. The van der Waals surface area contributed by atoms with Crippen LogP contribution in [0.1, 0.15) is 27.0 Å². The molecule has 0 bridgehead atoms. The quantitative estimate of drug-likeness (QED) is 0.509. The summed E-state index contributed by atoms with van der Waals surface area (Å²) in [7, 11) is -3.51. The number of rotatable bonds is 7. The van der Waals surface area contributed by atoms with E-state index >= 15 is 0 Å². The van der Waals surface area contributed by atoms with Crippen molar-refractivity contribution in [3.63, 3.8) is 0 Å². The Balaban J connectivity index is 1.75. The predicted molar refractivity (Wildman–Crippen MR) is 126 cm³/mol. The first-order valence-electron chi connectivity index (χ1n) is 9.49. The molecule has 5 nitrogen and oxygen atoms in total. The maximum absolute atomic E-state index is 12.5. The first-order chi connectivity index (χ1) is 14.6. The van der Waals surface area contributed by atoms with Crippen LogP contribution in [0.4, 0.5) is 5.69 Å². The number of nitrogens with zero attached hydrogens (tertiary/aromatic N) is 1. The molecular weight excluding hydrogens is 455 g/mol. The lowest BCUT2D eigenvalue weighted by atomic mass is 10.1. The van der Waals surface area contributed by atoms with Gasteiger partial charge in [-0.05, 0) is 60.0 Å². The molecule has 162 valence electrons. The normalized spacial score (nSPS) is 11.2. The van der Waals surface area contributed by atoms with Crippen molar-refractivity contribution < 1.29 is 13.2 Å². The molecule has 0 radical (unpaired) electrons. The van der Waals surface area contributed by atoms with Gasteiger partial charge in [0.15, 0.2) is 0 Å². The number of nitrogens with one attached hydrogen (secondary N) is 1. The van der Waals surface area contributed by atoms with Crippen molar-refractivity contribution in [2.45, 2.75) is 20.0 Å². The summed E-state index contributed by atoms with van der Waals surface area (Å²) in [6, 6.07) is 19.2. The van der Waals surface area contributed by atoms with Crippen molar-refractivity contribution in [2.24, 2.45) is 0 Å². The van der Waals surface area contributed by atoms with Crippen LogP contribution < -0.4 is 9.62 Å². The van der Waals surface area contributed by atoms with Gasteiger partial charge in [-0.25, -0.2) is 8.42 Å². The number of hydrogen-bond donors (Lipinski definition) is 1. The Morgan fingerprint density at radius 2 is 1.65 bits per heavy atom. The molecule has 8 heteroatoms. The monoisotopic (exact) mass is 476 g/mol. The highest BCUT2D eigenvalue weighted by Gasteiger charge is 2.19. The van der Waals surface area contributed by atoms with Gasteiger partial charge < -0.3 is 5.32 Å². The Morgan fingerprint density at radius 3 is 2.26 bits per heavy atom. The highest BCUT2D eigenvalue weighted by molar-refractivity contribution is 7.92. The molecule has 31 heavy (non-hydrogen) atoms. The molecule has 0 aliphatic carbocycles. The van der Waals surface area contributed by atoms with Crippen LogP contribution in [0.25, 0.3) is 0 Å². The van der Waals surface area contributed by atoms with E-state index in [4.69, 9.17) is 23.2 Å². The zero-order valence-electron chi connectivity index (χ0n) is 17.1. The number of amides is 1. The van der Waals surface area contributed by atoms with Crippen molar-refractivity contribution in [1.29, 1.82) is 0 Å². The number of anilines is 1. The molecule has 0 unspecified atom stereocenters. The van der Waals surface area contributed by atoms with Crippen molar-refractivity contribution in [3.8, 4) is 0 Å². The summed E-state index contributed by atoms with van der Waals surface area (Å²) in [5.74, 6) is -0.289. The standard InChI is InChI=1S/C23H22Cl2N2O3S/c1-16-5-3-4-6-19(16)15-27(31(2,29)30)21-11-8-17(9-12-21)23(28)26-14-18-7-10-20(24)13-22(18)25/h3-13H,14-15H2,1-2H3,(H,26,28). The fourth-order valence-electron chi connectivity index (χ4n) is 3.06. The van der Waals surface area contributed by atoms with Crippen LogP contribution in [0, 0.1) is 6.92 Å². The average molecular weight is 477 g/mol. The van der Waals surface area contributed by atoms with Gasteiger partial charge in [-0.1, -0.05) is 53.5 Å². The fourth-order valence-corrected chi connectivity index (χ4v) is 4.42. The Morgan fingerprint density at radius 1 is 0.968 bits per heavy atom. The first kappa shape index (κ1) is 23.1. The van der Waals surface area contributed by atoms with Gasteiger partial charge >= 0.3 is 0 Å². The van der Waals surface area contributed by atoms with Crippen LogP contribution in [0.15, 0.2) is 66.7 Å². The highest BCUT2D eigenvalue weighted by atomic mass is 35.5. The van der Waals surface area contributed by atoms with Crippen LogP contribution >= 0.6 is 23.2 Å². The van der Waals surface area contributed by atoms with Gasteiger partial charge in [-0.3, -0.25) is 9.10 Å². The third-order valence-electron chi connectivity index (χ3n) is 4.85. The minimum atomic E-state index is -3.51. The van der Waals surface area contributed by atoms with E-state index in [0.29, 0.717) is 21.3 Å². The second-order valence-corrected chi connectivity index (χ2v) is 9.91. The molecule has 0 atom stereocenters. The summed E-state index contributed by atoms with van der Waals surface area (Å²) in [5.41, 5.74) is 3.57. The summed E-state index contributed by atoms with van der Waals surface area (Å²) < 4.78 is 26.1. The maximum Gasteiger partial charge on any atom is 0.251 e. The van der Waals surface area contributed by atoms with Gasteiger partial charge in [-0.15, -0.1) is 0 Å². The van der Waals surface area contributed by atoms with Crippen LogP contribution in [0.2, 0.25) is 10.0 Å². The largest absolute Gasteiger partial charge is 0.348 e. The molecule has 0 aliphatic rings. The number of sulfonamides is 1. The summed E-state index contributed by atoms with van der Waals surface area (Å²) >= 11 is 12.0. The van der Waals surface area contributed by atoms with E-state index in [1.165, 1.54) is 10.6 Å². The zero-order valence-corrected chi connectivity index (χ0v) is 19.4. The molecule has 1 N–H and O–H groups in total. The van der Waals surface area contributed by atoms with Gasteiger partial charge in [0, 0.05) is 22.2 Å². The smallest absolute Gasteiger partial charge is 0.251 e. The van der Waals surface area contributed by atoms with Crippen molar-refractivity contribution >= 4 is 44.8 Å². The summed E-state index contributed by atoms with van der Waals surface area (Å²) in [4.78, 5) is 12.5. The third-order valence-corrected chi connectivity index (χ3v) is 6.58. The molecule has 0 aliphatic heterocycles. The van der Waals surface area contributed by atoms with E-state index in [1.807, 2.05) is 31.2 Å². The van der Waals surface area contributed by atoms with Gasteiger partial charge in [0.25, 0.3) is 5.91 Å². The number of carbonyl (C=O) groups excluding carboxylic acids is 1. The zero-order chi connectivity index (χ0) is 22.6. The maximum atomic E-state index is 12.5. The third kappa shape index (κ3) is 6.00. The predicted octanol–water partition coefficient (Wildman–Crippen LogP) is 5.20. The van der Waals surface area contributed by atoms with Crippen molar-refractivity contribution in [2.75, 3.05) is 10.6 Å². The molecule has 0 saturated carbocycles. The molecular formula is C23H22Cl2N2O3S. The van der Waals surface area contributed by atoms with Gasteiger partial charge in [0.1, 0.15) is 0 Å². The summed E-state index contributed by atoms with van der Waals surface area (Å²) in [6.07, 6.45) is 1.17. The van der Waals surface area contributed by atoms with Crippen LogP contribution in [-0.2, 0) is 23.1 Å². The van der Waals surface area contributed by atoms with Crippen LogP contribution in [0.3, 0.4) is 0 Å². The minimum Gasteiger partial charge on any atom is -0.348 e. The van der Waals surface area contributed by atoms with E-state index in [2.05, 4.69) is 5.32 Å². The lowest BCUT2D eigenvalue weighted by Gasteiger charge is -2.23. The SMILES string of the molecule is Cc1ccccc1CN(c1ccc(C(=O)NCc2ccc(Cl)cc2Cl)cc1)S(C)(=O)=O. The molecule has 0 fully saturated rings.